The van der Waals surface area contributed by atoms with E-state index < -0.39 is 14.5 Å². The molecular weight excluding hydrogens is 307 g/mol. The van der Waals surface area contributed by atoms with Gasteiger partial charge < -0.3 is 3.79 Å². The third-order valence-electron chi connectivity index (χ3n) is 2.58. The van der Waals surface area contributed by atoms with E-state index in [1.165, 1.54) is 21.9 Å². The zero-order chi connectivity index (χ0) is 15.8. The van der Waals surface area contributed by atoms with Crippen LogP contribution in [0.4, 0.5) is 0 Å². The summed E-state index contributed by atoms with van der Waals surface area (Å²) in [5.41, 5.74) is 0. The molecule has 0 aromatic heterocycles. The first-order valence-corrected chi connectivity index (χ1v) is 10.9. The Morgan fingerprint density at radius 2 is 1.57 bits per heavy atom. The molecule has 0 aromatic carbocycles. The molecule has 2 aliphatic carbocycles. The van der Waals surface area contributed by atoms with Crippen molar-refractivity contribution in [1.82, 2.24) is 0 Å². The van der Waals surface area contributed by atoms with Crippen LogP contribution < -0.4 is 0 Å². The number of allylic oxidation sites excluding steroid dienone is 8. The Kier molecular flexibility index (Phi) is 16.4. The van der Waals surface area contributed by atoms with Crippen LogP contribution in [0.5, 0.6) is 0 Å². The van der Waals surface area contributed by atoms with Gasteiger partial charge in [0.1, 0.15) is 0 Å². The summed E-state index contributed by atoms with van der Waals surface area (Å²) >= 11 is 1.49. The third-order valence-corrected chi connectivity index (χ3v) is 4.61. The first-order valence-electron chi connectivity index (χ1n) is 7.69. The first-order chi connectivity index (χ1) is 10.1. The van der Waals surface area contributed by atoms with Gasteiger partial charge >= 0.3 is 52.1 Å². The van der Waals surface area contributed by atoms with Crippen LogP contribution in [0.1, 0.15) is 39.5 Å². The molecule has 3 aliphatic rings. The molecule has 3 rings (SSSR count). The number of rotatable bonds is 0. The average Bonchev–Trinajstić information content (AvgIpc) is 3.18. The largest absolute Gasteiger partial charge is 0.501 e. The van der Waals surface area contributed by atoms with E-state index in [2.05, 4.69) is 63.9 Å². The molecule has 1 fully saturated rings. The summed E-state index contributed by atoms with van der Waals surface area (Å²) in [4.78, 5) is 0. The smallest absolute Gasteiger partial charge is 0.457 e. The van der Waals surface area contributed by atoms with Gasteiger partial charge in [-0.05, 0) is 6.42 Å². The quantitative estimate of drug-likeness (QED) is 0.458. The molecule has 0 amide bonds. The van der Waals surface area contributed by atoms with Crippen molar-refractivity contribution in [2.45, 2.75) is 50.6 Å². The maximum Gasteiger partial charge on any atom is 0.457 e. The SMILES string of the molecule is C[C](C)=[Ti+2].[C-]1=CC=CC1.[C-]1=CC=CC1.[CH3][Al]1[CH2]CCC[O]1. The molecule has 0 spiro atoms. The number of hydrogen-bond acceptors (Lipinski definition) is 1. The molecule has 0 radical (unpaired) electrons. The van der Waals surface area contributed by atoms with Gasteiger partial charge in [0.25, 0.3) is 0 Å². The molecule has 1 aliphatic heterocycles. The Morgan fingerprint density at radius 3 is 1.71 bits per heavy atom. The first kappa shape index (κ1) is 21.0. The van der Waals surface area contributed by atoms with Gasteiger partial charge in [0.15, 0.2) is 0 Å². The van der Waals surface area contributed by atoms with Crippen molar-refractivity contribution in [3.05, 3.63) is 48.6 Å². The molecule has 112 valence electrons. The van der Waals surface area contributed by atoms with E-state index in [0.717, 1.165) is 19.4 Å². The molecule has 0 saturated carbocycles. The van der Waals surface area contributed by atoms with Crippen LogP contribution >= 0.6 is 0 Å². The predicted molar refractivity (Wildman–Crippen MR) is 91.1 cm³/mol. The van der Waals surface area contributed by atoms with Crippen LogP contribution in [0.15, 0.2) is 36.5 Å². The van der Waals surface area contributed by atoms with Gasteiger partial charge in [0.05, 0.1) is 0 Å². The number of hydrogen-bond donors (Lipinski definition) is 0. The van der Waals surface area contributed by atoms with Crippen molar-refractivity contribution >= 4 is 18.3 Å². The van der Waals surface area contributed by atoms with Crippen LogP contribution in [-0.2, 0) is 23.8 Å². The summed E-state index contributed by atoms with van der Waals surface area (Å²) in [6, 6.07) is 0. The molecule has 1 saturated heterocycles. The molecule has 0 atom stereocenters. The summed E-state index contributed by atoms with van der Waals surface area (Å²) in [5, 5.41) is 1.40. The van der Waals surface area contributed by atoms with E-state index in [0.29, 0.717) is 0 Å². The van der Waals surface area contributed by atoms with Gasteiger partial charge in [-0.1, -0.05) is 17.5 Å². The normalized spacial score (nSPS) is 17.3. The minimum Gasteiger partial charge on any atom is -0.501 e. The van der Waals surface area contributed by atoms with Crippen LogP contribution in [0.2, 0.25) is 11.1 Å². The molecule has 0 bridgehead atoms. The molecule has 0 N–H and O–H groups in total. The second-order valence-electron chi connectivity index (χ2n) is 5.18. The third kappa shape index (κ3) is 20.0. The van der Waals surface area contributed by atoms with E-state index in [1.54, 1.807) is 0 Å². The molecule has 3 heteroatoms. The minimum atomic E-state index is -0.595. The van der Waals surface area contributed by atoms with Crippen molar-refractivity contribution in [3.63, 3.8) is 0 Å². The van der Waals surface area contributed by atoms with Crippen molar-refractivity contribution in [1.29, 1.82) is 0 Å². The topological polar surface area (TPSA) is 9.23 Å². The van der Waals surface area contributed by atoms with E-state index in [-0.39, 0.29) is 0 Å². The second kappa shape index (κ2) is 16.4. The van der Waals surface area contributed by atoms with E-state index >= 15 is 0 Å². The van der Waals surface area contributed by atoms with Crippen LogP contribution in [-0.4, -0.2) is 24.9 Å². The zero-order valence-electron chi connectivity index (χ0n) is 13.7. The molecule has 0 unspecified atom stereocenters. The Bertz CT molecular complexity index is 317. The van der Waals surface area contributed by atoms with E-state index in [4.69, 9.17) is 3.79 Å². The Morgan fingerprint density at radius 1 is 1.05 bits per heavy atom. The summed E-state index contributed by atoms with van der Waals surface area (Å²) in [6.07, 6.45) is 22.7. The summed E-state index contributed by atoms with van der Waals surface area (Å²) in [6.45, 7) is 5.22. The summed E-state index contributed by atoms with van der Waals surface area (Å²) in [5.74, 6) is 2.28. The maximum absolute atomic E-state index is 5.42. The van der Waals surface area contributed by atoms with Crippen molar-refractivity contribution in [3.8, 4) is 0 Å². The molecular formula is C18H27AlOTi. The fraction of sp³-hybridized carbons (Fsp3) is 0.500. The van der Waals surface area contributed by atoms with Gasteiger partial charge in [-0.2, -0.15) is 12.2 Å². The van der Waals surface area contributed by atoms with Gasteiger partial charge in [-0.25, -0.2) is 24.3 Å². The summed E-state index contributed by atoms with van der Waals surface area (Å²) < 4.78 is 6.83. The zero-order valence-corrected chi connectivity index (χ0v) is 16.4. The van der Waals surface area contributed by atoms with Crippen molar-refractivity contribution in [2.24, 2.45) is 0 Å². The Hall–Kier alpha value is 0.0368. The molecule has 21 heavy (non-hydrogen) atoms. The van der Waals surface area contributed by atoms with Crippen LogP contribution in [0.3, 0.4) is 0 Å². The minimum absolute atomic E-state index is 0.595. The average molecular weight is 334 g/mol. The van der Waals surface area contributed by atoms with Gasteiger partial charge in [-0.3, -0.25) is 12.2 Å². The van der Waals surface area contributed by atoms with Crippen molar-refractivity contribution in [2.75, 3.05) is 6.61 Å². The fourth-order valence-corrected chi connectivity index (χ4v) is 3.18. The maximum atomic E-state index is 5.42. The van der Waals surface area contributed by atoms with Crippen LogP contribution in [0, 0.1) is 12.2 Å². The molecule has 1 nitrogen and oxygen atoms in total. The van der Waals surface area contributed by atoms with E-state index in [9.17, 15) is 0 Å². The second-order valence-corrected chi connectivity index (χ2v) is 9.28. The van der Waals surface area contributed by atoms with Gasteiger partial charge in [0.2, 0.25) is 0 Å². The van der Waals surface area contributed by atoms with E-state index in [1.807, 2.05) is 24.3 Å². The predicted octanol–water partition coefficient (Wildman–Crippen LogP) is 4.77. The molecule has 1 heterocycles. The monoisotopic (exact) mass is 334 g/mol. The van der Waals surface area contributed by atoms with Crippen molar-refractivity contribution < 1.29 is 23.8 Å². The van der Waals surface area contributed by atoms with Crippen LogP contribution in [0.25, 0.3) is 0 Å². The van der Waals surface area contributed by atoms with Gasteiger partial charge in [0, 0.05) is 6.61 Å². The fourth-order valence-electron chi connectivity index (χ4n) is 1.58. The van der Waals surface area contributed by atoms with Gasteiger partial charge in [-0.15, -0.1) is 12.8 Å². The Balaban J connectivity index is 0.000000260. The summed E-state index contributed by atoms with van der Waals surface area (Å²) in [7, 11) is 0. The molecule has 0 aromatic rings. The standard InChI is InChI=1S/2C5H5.C4H8O.C3H6.CH3.Al.Ti/c2*1-2-4-5-3-1;1-2-3-4-5;1-3-2;;;/h2*1-3H,4H2;1-4H2;1-2H3;1H3;;/q3*-1;;;+1;+2. The Labute approximate surface area is 147 Å².